The number of benzene rings is 1. The Kier molecular flexibility index (Phi) is 8.03. The summed E-state index contributed by atoms with van der Waals surface area (Å²) < 4.78 is 7.57. The number of anilines is 1. The number of carbonyl (C=O) groups is 2. The van der Waals surface area contributed by atoms with Crippen LogP contribution in [0.3, 0.4) is 0 Å². The lowest BCUT2D eigenvalue weighted by Gasteiger charge is -2.32. The molecule has 2 amide bonds. The molecule has 8 heteroatoms. The number of piperidine rings is 1. The minimum Gasteiger partial charge on any atom is -0.494 e. The van der Waals surface area contributed by atoms with Crippen molar-refractivity contribution in [1.29, 1.82) is 0 Å². The van der Waals surface area contributed by atoms with E-state index >= 15 is 0 Å². The summed E-state index contributed by atoms with van der Waals surface area (Å²) in [5.41, 5.74) is 4.25. The van der Waals surface area contributed by atoms with Gasteiger partial charge in [-0.15, -0.1) is 0 Å². The van der Waals surface area contributed by atoms with E-state index in [-0.39, 0.29) is 17.9 Å². The van der Waals surface area contributed by atoms with E-state index in [4.69, 9.17) is 4.74 Å². The van der Waals surface area contributed by atoms with Crippen molar-refractivity contribution < 1.29 is 14.3 Å². The highest BCUT2D eigenvalue weighted by molar-refractivity contribution is 6.04. The predicted molar refractivity (Wildman–Crippen MR) is 140 cm³/mol. The van der Waals surface area contributed by atoms with E-state index in [0.29, 0.717) is 24.6 Å². The zero-order valence-corrected chi connectivity index (χ0v) is 21.6. The van der Waals surface area contributed by atoms with Crippen LogP contribution in [0.4, 0.5) is 5.82 Å². The molecule has 2 aromatic heterocycles. The van der Waals surface area contributed by atoms with Gasteiger partial charge in [0.2, 0.25) is 5.91 Å². The minimum atomic E-state index is -0.226. The lowest BCUT2D eigenvalue weighted by molar-refractivity contribution is -0.130. The number of rotatable bonds is 8. The van der Waals surface area contributed by atoms with Crippen LogP contribution in [-0.4, -0.2) is 51.2 Å². The molecule has 190 valence electrons. The van der Waals surface area contributed by atoms with Gasteiger partial charge in [0.25, 0.3) is 5.91 Å². The van der Waals surface area contributed by atoms with Gasteiger partial charge in [-0.1, -0.05) is 25.5 Å². The summed E-state index contributed by atoms with van der Waals surface area (Å²) in [4.78, 5) is 31.3. The first-order valence-electron chi connectivity index (χ1n) is 12.7. The third-order valence-corrected chi connectivity index (χ3v) is 6.71. The molecule has 0 radical (unpaired) electrons. The van der Waals surface area contributed by atoms with Crippen LogP contribution in [-0.2, 0) is 4.79 Å². The Hall–Kier alpha value is -3.68. The van der Waals surface area contributed by atoms with Gasteiger partial charge < -0.3 is 15.0 Å². The summed E-state index contributed by atoms with van der Waals surface area (Å²) in [6, 6.07) is 10.1. The van der Waals surface area contributed by atoms with Crippen LogP contribution in [0.25, 0.3) is 11.1 Å². The number of carbonyl (C=O) groups excluding carboxylic acids is 2. The number of hydrogen-bond donors (Lipinski definition) is 1. The fraction of sp³-hybridized carbons (Fsp3) is 0.429. The van der Waals surface area contributed by atoms with E-state index in [2.05, 4.69) is 22.3 Å². The Morgan fingerprint density at radius 3 is 2.42 bits per heavy atom. The number of nitrogens with one attached hydrogen (secondary N) is 1. The van der Waals surface area contributed by atoms with Crippen molar-refractivity contribution in [2.24, 2.45) is 0 Å². The van der Waals surface area contributed by atoms with Gasteiger partial charge in [0.05, 0.1) is 18.8 Å². The monoisotopic (exact) mass is 489 g/mol. The van der Waals surface area contributed by atoms with Crippen molar-refractivity contribution in [2.75, 3.05) is 25.0 Å². The molecule has 0 atom stereocenters. The average molecular weight is 490 g/mol. The van der Waals surface area contributed by atoms with Gasteiger partial charge in [0.15, 0.2) is 0 Å². The second-order valence-corrected chi connectivity index (χ2v) is 9.43. The Bertz CT molecular complexity index is 1210. The predicted octanol–water partition coefficient (Wildman–Crippen LogP) is 5.18. The summed E-state index contributed by atoms with van der Waals surface area (Å²) in [5.74, 6) is 1.25. The van der Waals surface area contributed by atoms with Gasteiger partial charge in [0, 0.05) is 37.3 Å². The van der Waals surface area contributed by atoms with Gasteiger partial charge in [-0.3, -0.25) is 14.3 Å². The molecule has 0 aliphatic carbocycles. The average Bonchev–Trinajstić information content (AvgIpc) is 3.27. The maximum Gasteiger partial charge on any atom is 0.275 e. The number of unbranched alkanes of at least 4 members (excludes halogenated alkanes) is 1. The quantitative estimate of drug-likeness (QED) is 0.441. The summed E-state index contributed by atoms with van der Waals surface area (Å²) >= 11 is 0. The molecule has 36 heavy (non-hydrogen) atoms. The highest BCUT2D eigenvalue weighted by atomic mass is 16.5. The lowest BCUT2D eigenvalue weighted by atomic mass is 10.0. The molecule has 1 saturated heterocycles. The smallest absolute Gasteiger partial charge is 0.275 e. The van der Waals surface area contributed by atoms with Crippen molar-refractivity contribution in [3.8, 4) is 16.9 Å². The number of aromatic nitrogens is 3. The van der Waals surface area contributed by atoms with Crippen LogP contribution >= 0.6 is 0 Å². The van der Waals surface area contributed by atoms with Gasteiger partial charge in [-0.2, -0.15) is 5.10 Å². The zero-order chi connectivity index (χ0) is 25.7. The number of aryl methyl sites for hydroxylation is 2. The fourth-order valence-electron chi connectivity index (χ4n) is 4.54. The molecule has 0 saturated carbocycles. The van der Waals surface area contributed by atoms with Crippen LogP contribution in [0.5, 0.6) is 5.75 Å². The van der Waals surface area contributed by atoms with Crippen LogP contribution < -0.4 is 10.1 Å². The molecular formula is C28H35N5O3. The zero-order valence-electron chi connectivity index (χ0n) is 21.6. The molecule has 1 aromatic carbocycles. The number of amides is 2. The lowest BCUT2D eigenvalue weighted by Crippen LogP contribution is -2.38. The molecule has 1 N–H and O–H groups in total. The van der Waals surface area contributed by atoms with Gasteiger partial charge in [-0.05, 0) is 62.4 Å². The van der Waals surface area contributed by atoms with Gasteiger partial charge >= 0.3 is 0 Å². The van der Waals surface area contributed by atoms with Crippen LogP contribution in [0, 0.1) is 13.8 Å². The van der Waals surface area contributed by atoms with Crippen LogP contribution in [0.2, 0.25) is 0 Å². The Labute approximate surface area is 212 Å². The van der Waals surface area contributed by atoms with E-state index in [1.54, 1.807) is 19.3 Å². The molecule has 0 spiro atoms. The largest absolute Gasteiger partial charge is 0.494 e. The molecule has 8 nitrogen and oxygen atoms in total. The highest BCUT2D eigenvalue weighted by Gasteiger charge is 2.27. The molecule has 1 aliphatic rings. The first kappa shape index (κ1) is 25.4. The number of hydrogen-bond acceptors (Lipinski definition) is 5. The van der Waals surface area contributed by atoms with Crippen molar-refractivity contribution in [3.63, 3.8) is 0 Å². The second-order valence-electron chi connectivity index (χ2n) is 9.43. The summed E-state index contributed by atoms with van der Waals surface area (Å²) in [7, 11) is 0. The molecule has 4 rings (SSSR count). The maximum atomic E-state index is 13.3. The number of ether oxygens (including phenoxy) is 1. The van der Waals surface area contributed by atoms with E-state index < -0.39 is 0 Å². The third kappa shape index (κ3) is 5.75. The topological polar surface area (TPSA) is 89.3 Å². The van der Waals surface area contributed by atoms with E-state index in [9.17, 15) is 9.59 Å². The van der Waals surface area contributed by atoms with E-state index in [1.165, 1.54) is 0 Å². The first-order chi connectivity index (χ1) is 17.4. The number of nitrogens with zero attached hydrogens (tertiary/aromatic N) is 4. The molecule has 1 aliphatic heterocycles. The summed E-state index contributed by atoms with van der Waals surface area (Å²) in [6.07, 6.45) is 7.19. The minimum absolute atomic E-state index is 0.0837. The van der Waals surface area contributed by atoms with Crippen molar-refractivity contribution in [3.05, 3.63) is 59.5 Å². The standard InChI is InChI=1S/C28H35N5O3/c1-5-6-15-36-25-9-7-22(8-10-25)23-16-19(2)27(29-18-23)31-28(35)26-20(3)17-30-33(26)24-11-13-32(14-12-24)21(4)34/h7-10,16-18,24H,5-6,11-15H2,1-4H3,(H,29,31,35). The Balaban J connectivity index is 1.45. The van der Waals surface area contributed by atoms with Crippen molar-refractivity contribution >= 4 is 17.6 Å². The Morgan fingerprint density at radius 1 is 1.06 bits per heavy atom. The van der Waals surface area contributed by atoms with Crippen LogP contribution in [0.1, 0.15) is 67.2 Å². The third-order valence-electron chi connectivity index (χ3n) is 6.71. The summed E-state index contributed by atoms with van der Waals surface area (Å²) in [6.45, 7) is 9.64. The molecule has 3 heterocycles. The SMILES string of the molecule is CCCCOc1ccc(-c2cnc(NC(=O)c3c(C)cnn3C3CCN(C(C)=O)CC3)c(C)c2)cc1. The number of pyridine rings is 1. The molecule has 3 aromatic rings. The second kappa shape index (κ2) is 11.4. The van der Waals surface area contributed by atoms with Crippen molar-refractivity contribution in [1.82, 2.24) is 19.7 Å². The first-order valence-corrected chi connectivity index (χ1v) is 12.7. The highest BCUT2D eigenvalue weighted by Crippen LogP contribution is 2.27. The van der Waals surface area contributed by atoms with E-state index in [0.717, 1.165) is 60.3 Å². The van der Waals surface area contributed by atoms with Crippen molar-refractivity contribution in [2.45, 2.75) is 59.4 Å². The maximum absolute atomic E-state index is 13.3. The summed E-state index contributed by atoms with van der Waals surface area (Å²) in [5, 5.41) is 7.48. The fourth-order valence-corrected chi connectivity index (χ4v) is 4.54. The van der Waals surface area contributed by atoms with Crippen LogP contribution in [0.15, 0.2) is 42.7 Å². The van der Waals surface area contributed by atoms with Gasteiger partial charge in [-0.25, -0.2) is 4.98 Å². The molecule has 1 fully saturated rings. The molecule has 0 bridgehead atoms. The normalized spacial score (nSPS) is 14.1. The molecular weight excluding hydrogens is 454 g/mol. The van der Waals surface area contributed by atoms with Gasteiger partial charge in [0.1, 0.15) is 17.3 Å². The van der Waals surface area contributed by atoms with E-state index in [1.807, 2.05) is 53.8 Å². The Morgan fingerprint density at radius 2 is 1.78 bits per heavy atom. The number of likely N-dealkylation sites (tertiary alicyclic amines) is 1. The molecule has 0 unspecified atom stereocenters.